The highest BCUT2D eigenvalue weighted by Gasteiger charge is 2.17. The second-order valence-electron chi connectivity index (χ2n) is 8.66. The second-order valence-corrected chi connectivity index (χ2v) is 14.1. The summed E-state index contributed by atoms with van der Waals surface area (Å²) in [6.07, 6.45) is 1.01. The van der Waals surface area contributed by atoms with Crippen molar-refractivity contribution in [3.05, 3.63) is 82.0 Å². The van der Waals surface area contributed by atoms with E-state index in [1.807, 2.05) is 0 Å². The van der Waals surface area contributed by atoms with Crippen molar-refractivity contribution < 1.29 is 8.42 Å². The lowest BCUT2D eigenvalue weighted by molar-refractivity contribution is 0.599. The quantitative estimate of drug-likeness (QED) is 0.164. The normalized spacial score (nSPS) is 11.2. The molecular formula is C25H13Cl9N8O2S. The van der Waals surface area contributed by atoms with Crippen molar-refractivity contribution >= 4 is 159 Å². The van der Waals surface area contributed by atoms with E-state index >= 15 is 0 Å². The van der Waals surface area contributed by atoms with Crippen LogP contribution >= 0.6 is 104 Å². The average molecular weight is 809 g/mol. The molecular weight excluding hydrogens is 795 g/mol. The highest BCUT2D eigenvalue weighted by molar-refractivity contribution is 7.90. The fourth-order valence-electron chi connectivity index (χ4n) is 3.37. The third kappa shape index (κ3) is 8.61. The smallest absolute Gasteiger partial charge is 0.198 e. The van der Waals surface area contributed by atoms with Crippen molar-refractivity contribution in [2.45, 2.75) is 5.03 Å². The molecule has 0 saturated heterocycles. The predicted molar refractivity (Wildman–Crippen MR) is 186 cm³/mol. The molecule has 0 aliphatic carbocycles. The zero-order chi connectivity index (χ0) is 33.4. The number of hydrogen-bond acceptors (Lipinski definition) is 10. The van der Waals surface area contributed by atoms with Crippen LogP contribution < -0.4 is 11.5 Å². The van der Waals surface area contributed by atoms with Crippen LogP contribution in [-0.2, 0) is 9.84 Å². The Kier molecular flexibility index (Phi) is 11.3. The minimum atomic E-state index is -3.52. The number of halogens is 9. The molecule has 10 nitrogen and oxygen atoms in total. The van der Waals surface area contributed by atoms with Crippen LogP contribution in [0.1, 0.15) is 0 Å². The number of benzene rings is 3. The van der Waals surface area contributed by atoms with Gasteiger partial charge in [-0.2, -0.15) is 0 Å². The molecule has 0 atom stereocenters. The summed E-state index contributed by atoms with van der Waals surface area (Å²) in [6, 6.07) is 9.30. The van der Waals surface area contributed by atoms with E-state index in [0.717, 1.165) is 6.26 Å². The molecule has 0 spiro atoms. The fraction of sp³-hybridized carbons (Fsp3) is 0.0400. The molecule has 234 valence electrons. The van der Waals surface area contributed by atoms with Crippen LogP contribution in [0.5, 0.6) is 0 Å². The molecule has 0 radical (unpaired) electrons. The number of nitrogens with two attached hydrogens (primary N) is 2. The summed E-state index contributed by atoms with van der Waals surface area (Å²) in [5, 5.41) is 2.43. The van der Waals surface area contributed by atoms with E-state index in [9.17, 15) is 8.42 Å². The molecule has 20 heteroatoms. The molecule has 45 heavy (non-hydrogen) atoms. The highest BCUT2D eigenvalue weighted by Crippen LogP contribution is 2.30. The number of hydrogen-bond donors (Lipinski definition) is 2. The van der Waals surface area contributed by atoms with Gasteiger partial charge in [-0.05, 0) is 36.4 Å². The fourth-order valence-corrected chi connectivity index (χ4v) is 5.41. The first-order valence-corrected chi connectivity index (χ1v) is 16.9. The van der Waals surface area contributed by atoms with E-state index in [1.165, 1.54) is 12.1 Å². The van der Waals surface area contributed by atoms with Crippen molar-refractivity contribution in [3.8, 4) is 0 Å². The second kappa shape index (κ2) is 14.3. The van der Waals surface area contributed by atoms with E-state index in [0.29, 0.717) is 58.2 Å². The van der Waals surface area contributed by atoms with E-state index < -0.39 is 9.84 Å². The van der Waals surface area contributed by atoms with Gasteiger partial charge in [0.1, 0.15) is 0 Å². The molecule has 4 N–H and O–H groups in total. The van der Waals surface area contributed by atoms with Gasteiger partial charge in [0, 0.05) is 6.26 Å². The number of sulfone groups is 1. The molecule has 0 unspecified atom stereocenters. The van der Waals surface area contributed by atoms with Gasteiger partial charge in [-0.15, -0.1) is 0 Å². The van der Waals surface area contributed by atoms with Crippen LogP contribution in [0.4, 0.5) is 11.6 Å². The van der Waals surface area contributed by atoms with Gasteiger partial charge in [0.15, 0.2) is 42.0 Å². The third-order valence-electron chi connectivity index (χ3n) is 5.36. The van der Waals surface area contributed by atoms with Gasteiger partial charge in [0.2, 0.25) is 0 Å². The summed E-state index contributed by atoms with van der Waals surface area (Å²) in [7, 11) is -3.52. The number of nitrogens with zero attached hydrogens (tertiary/aromatic N) is 6. The molecule has 6 aromatic rings. The average Bonchev–Trinajstić information content (AvgIpc) is 2.93. The predicted octanol–water partition coefficient (Wildman–Crippen LogP) is 9.34. The maximum Gasteiger partial charge on any atom is 0.198 e. The first-order valence-electron chi connectivity index (χ1n) is 11.6. The lowest BCUT2D eigenvalue weighted by Gasteiger charge is -2.05. The summed E-state index contributed by atoms with van der Waals surface area (Å²) in [6.45, 7) is 0. The van der Waals surface area contributed by atoms with E-state index in [2.05, 4.69) is 29.9 Å². The van der Waals surface area contributed by atoms with Crippen molar-refractivity contribution in [2.24, 2.45) is 0 Å². The van der Waals surface area contributed by atoms with Crippen molar-refractivity contribution in [1.29, 1.82) is 0 Å². The molecule has 0 aliphatic rings. The van der Waals surface area contributed by atoms with Gasteiger partial charge in [-0.25, -0.2) is 38.3 Å². The van der Waals surface area contributed by atoms with Crippen LogP contribution in [0.3, 0.4) is 0 Å². The molecule has 3 heterocycles. The Morgan fingerprint density at radius 1 is 0.444 bits per heavy atom. The standard InChI is InChI=1S/C9H7Cl2N3O2S.C8H2Cl4N2.C8H4Cl3N3/c1-17(15,16)9-8(12)13-6-2-4(10)5(11)3-7(6)14-9;2*9-3-1-5-6(2-4(3)10)14-8(12)7(11)13-5/h2-3H,1H3,(H2,12,13);1-2H;1-2H,(H2,12,14). The SMILES string of the molecule is CS(=O)(=O)c1nc2cc(Cl)c(Cl)cc2nc1N.Clc1cc2nc(Cl)c(Cl)nc2cc1Cl.Nc1nc2cc(Cl)c(Cl)cc2nc1Cl. The minimum Gasteiger partial charge on any atom is -0.381 e. The van der Waals surface area contributed by atoms with Crippen LogP contribution in [0.2, 0.25) is 45.6 Å². The van der Waals surface area contributed by atoms with Gasteiger partial charge in [-0.3, -0.25) is 0 Å². The Bertz CT molecular complexity index is 1970. The topological polar surface area (TPSA) is 164 Å². The zero-order valence-corrected chi connectivity index (χ0v) is 29.5. The molecule has 0 aliphatic heterocycles. The van der Waals surface area contributed by atoms with Crippen LogP contribution in [0.15, 0.2) is 41.4 Å². The van der Waals surface area contributed by atoms with Crippen LogP contribution in [0, 0.1) is 0 Å². The summed E-state index contributed by atoms with van der Waals surface area (Å²) in [5.74, 6) is 0.0240. The number of fused-ring (bicyclic) bond motifs is 3. The molecule has 3 aromatic carbocycles. The van der Waals surface area contributed by atoms with E-state index in [1.54, 1.807) is 24.3 Å². The summed E-state index contributed by atoms with van der Waals surface area (Å²) in [5.41, 5.74) is 14.0. The molecule has 6 rings (SSSR count). The number of rotatable bonds is 1. The monoisotopic (exact) mass is 804 g/mol. The first kappa shape index (κ1) is 35.7. The lowest BCUT2D eigenvalue weighted by atomic mass is 10.3. The number of nitrogen functional groups attached to an aromatic ring is 2. The van der Waals surface area contributed by atoms with Crippen LogP contribution in [-0.4, -0.2) is 44.6 Å². The largest absolute Gasteiger partial charge is 0.381 e. The lowest BCUT2D eigenvalue weighted by Crippen LogP contribution is -2.07. The summed E-state index contributed by atoms with van der Waals surface area (Å²) >= 11 is 51.9. The van der Waals surface area contributed by atoms with Gasteiger partial charge in [0.05, 0.1) is 63.2 Å². The maximum atomic E-state index is 11.4. The van der Waals surface area contributed by atoms with Crippen LogP contribution in [0.25, 0.3) is 33.1 Å². The molecule has 0 bridgehead atoms. The van der Waals surface area contributed by atoms with E-state index in [-0.39, 0.29) is 37.1 Å². The van der Waals surface area contributed by atoms with Gasteiger partial charge >= 0.3 is 0 Å². The molecule has 0 amide bonds. The highest BCUT2D eigenvalue weighted by atomic mass is 35.5. The Morgan fingerprint density at radius 3 is 1.04 bits per heavy atom. The van der Waals surface area contributed by atoms with Crippen molar-refractivity contribution in [2.75, 3.05) is 17.7 Å². The van der Waals surface area contributed by atoms with Gasteiger partial charge < -0.3 is 11.5 Å². The molecule has 3 aromatic heterocycles. The van der Waals surface area contributed by atoms with Crippen molar-refractivity contribution in [3.63, 3.8) is 0 Å². The Balaban J connectivity index is 0.000000155. The van der Waals surface area contributed by atoms with Crippen molar-refractivity contribution in [1.82, 2.24) is 29.9 Å². The zero-order valence-electron chi connectivity index (χ0n) is 21.9. The minimum absolute atomic E-state index is 0.151. The first-order chi connectivity index (χ1) is 20.9. The van der Waals surface area contributed by atoms with Gasteiger partial charge in [0.25, 0.3) is 0 Å². The Hall–Kier alpha value is -2.16. The Labute approximate surface area is 299 Å². The number of aromatic nitrogens is 6. The van der Waals surface area contributed by atoms with Gasteiger partial charge in [-0.1, -0.05) is 104 Å². The Morgan fingerprint density at radius 2 is 0.711 bits per heavy atom. The maximum absolute atomic E-state index is 11.4. The third-order valence-corrected chi connectivity index (χ3v) is 9.44. The molecule has 0 saturated carbocycles. The van der Waals surface area contributed by atoms with E-state index in [4.69, 9.17) is 116 Å². The summed E-state index contributed by atoms with van der Waals surface area (Å²) < 4.78 is 22.8. The number of anilines is 2. The molecule has 0 fully saturated rings. The summed E-state index contributed by atoms with van der Waals surface area (Å²) in [4.78, 5) is 23.9.